The van der Waals surface area contributed by atoms with E-state index < -0.39 is 0 Å². The fourth-order valence-electron chi connectivity index (χ4n) is 4.93. The number of carbonyl (C=O) groups is 2. The minimum absolute atomic E-state index is 0.0795. The second-order valence-electron chi connectivity index (χ2n) is 8.33. The summed E-state index contributed by atoms with van der Waals surface area (Å²) in [5, 5.41) is 9.91. The van der Waals surface area contributed by atoms with Crippen LogP contribution in [0.5, 0.6) is 0 Å². The maximum absolute atomic E-state index is 12.9. The van der Waals surface area contributed by atoms with Crippen LogP contribution in [-0.2, 0) is 9.59 Å². The summed E-state index contributed by atoms with van der Waals surface area (Å²) in [7, 11) is 0. The molecule has 1 N–H and O–H groups in total. The summed E-state index contributed by atoms with van der Waals surface area (Å²) in [6.45, 7) is 3.31. The molecule has 0 bridgehead atoms. The predicted molar refractivity (Wildman–Crippen MR) is 109 cm³/mol. The van der Waals surface area contributed by atoms with E-state index in [0.717, 1.165) is 75.0 Å². The third-order valence-corrected chi connectivity index (χ3v) is 6.51. The molecule has 1 aromatic rings. The monoisotopic (exact) mass is 382 g/mol. The van der Waals surface area contributed by atoms with Crippen molar-refractivity contribution < 1.29 is 14.7 Å². The van der Waals surface area contributed by atoms with Crippen molar-refractivity contribution in [3.63, 3.8) is 0 Å². The number of hydrogen-bond donors (Lipinski definition) is 1. The zero-order valence-electron chi connectivity index (χ0n) is 16.5. The van der Waals surface area contributed by atoms with Gasteiger partial charge in [0, 0.05) is 37.7 Å². The van der Waals surface area contributed by atoms with Gasteiger partial charge < -0.3 is 10.0 Å². The van der Waals surface area contributed by atoms with E-state index >= 15 is 0 Å². The van der Waals surface area contributed by atoms with Gasteiger partial charge in [-0.15, -0.1) is 0 Å². The van der Waals surface area contributed by atoms with Crippen LogP contribution in [0.4, 0.5) is 0 Å². The Balaban J connectivity index is 1.37. The molecule has 2 aliphatic heterocycles. The lowest BCUT2D eigenvalue weighted by Gasteiger charge is -2.41. The molecule has 1 amide bonds. The zero-order chi connectivity index (χ0) is 19.5. The Bertz CT molecular complexity index is 750. The Morgan fingerprint density at radius 1 is 1.04 bits per heavy atom. The Hall–Kier alpha value is -1.98. The minimum atomic E-state index is -0.204. The molecule has 0 spiro atoms. The van der Waals surface area contributed by atoms with Crippen LogP contribution < -0.4 is 0 Å². The first-order valence-electron chi connectivity index (χ1n) is 10.6. The van der Waals surface area contributed by atoms with Gasteiger partial charge in [-0.25, -0.2) is 0 Å². The number of aliphatic hydroxyl groups is 1. The maximum Gasteiger partial charge on any atom is 0.227 e. The molecule has 4 rings (SSSR count). The number of hydrogen-bond acceptors (Lipinski definition) is 4. The molecule has 1 aliphatic carbocycles. The van der Waals surface area contributed by atoms with Crippen LogP contribution in [0, 0.1) is 0 Å². The Morgan fingerprint density at radius 2 is 1.79 bits per heavy atom. The molecule has 0 unspecified atom stereocenters. The van der Waals surface area contributed by atoms with Gasteiger partial charge in [-0.2, -0.15) is 0 Å². The third-order valence-electron chi connectivity index (χ3n) is 6.51. The van der Waals surface area contributed by atoms with Crippen molar-refractivity contribution >= 4 is 17.3 Å². The summed E-state index contributed by atoms with van der Waals surface area (Å²) in [6, 6.07) is 10.4. The van der Waals surface area contributed by atoms with E-state index in [9.17, 15) is 14.7 Å². The lowest BCUT2D eigenvalue weighted by Crippen LogP contribution is -2.50. The summed E-state index contributed by atoms with van der Waals surface area (Å²) >= 11 is 0. The molecule has 28 heavy (non-hydrogen) atoms. The van der Waals surface area contributed by atoms with Gasteiger partial charge in [0.2, 0.25) is 5.91 Å². The topological polar surface area (TPSA) is 60.9 Å². The van der Waals surface area contributed by atoms with Crippen LogP contribution in [0.2, 0.25) is 0 Å². The number of allylic oxidation sites excluding steroid dienone is 1. The smallest absolute Gasteiger partial charge is 0.227 e. The summed E-state index contributed by atoms with van der Waals surface area (Å²) in [6.07, 6.45) is 5.16. The third kappa shape index (κ3) is 4.20. The number of carbonyl (C=O) groups excluding carboxylic acids is 2. The van der Waals surface area contributed by atoms with Gasteiger partial charge in [0.25, 0.3) is 0 Å². The van der Waals surface area contributed by atoms with E-state index in [0.29, 0.717) is 12.5 Å². The van der Waals surface area contributed by atoms with Crippen LogP contribution >= 0.6 is 0 Å². The zero-order valence-corrected chi connectivity index (χ0v) is 16.5. The van der Waals surface area contributed by atoms with Crippen LogP contribution in [0.1, 0.15) is 50.5 Å². The molecule has 150 valence electrons. The first-order chi connectivity index (χ1) is 13.6. The number of β-amino-alcohol motifs (C(OH)–C–C–N with tert-alkyl or cyclic N) is 1. The number of aliphatic hydroxyl groups excluding tert-OH is 1. The number of amides is 1. The number of rotatable bonds is 4. The normalized spacial score (nSPS) is 24.8. The van der Waals surface area contributed by atoms with Gasteiger partial charge in [-0.1, -0.05) is 30.3 Å². The molecule has 1 aromatic carbocycles. The second-order valence-corrected chi connectivity index (χ2v) is 8.33. The largest absolute Gasteiger partial charge is 0.392 e. The van der Waals surface area contributed by atoms with Crippen LogP contribution in [0.3, 0.4) is 0 Å². The number of Topliss-reactive ketones (excluding diaryl/α,β-unsaturated/α-hetero) is 1. The van der Waals surface area contributed by atoms with E-state index in [-0.39, 0.29) is 24.2 Å². The lowest BCUT2D eigenvalue weighted by molar-refractivity contribution is -0.133. The van der Waals surface area contributed by atoms with E-state index in [4.69, 9.17) is 0 Å². The first-order valence-corrected chi connectivity index (χ1v) is 10.6. The maximum atomic E-state index is 12.9. The molecule has 1 atom stereocenters. The van der Waals surface area contributed by atoms with E-state index in [2.05, 4.69) is 4.90 Å². The van der Waals surface area contributed by atoms with Gasteiger partial charge in [0.15, 0.2) is 5.78 Å². The van der Waals surface area contributed by atoms with Gasteiger partial charge in [-0.3, -0.25) is 14.5 Å². The molecule has 2 heterocycles. The van der Waals surface area contributed by atoms with Gasteiger partial charge in [-0.05, 0) is 49.8 Å². The SMILES string of the molecule is O=C1CCC(c2ccccc2)=C1CC(=O)N1CCC(N2CCC[C@H](O)C2)CC1. The standard InChI is InChI=1S/C23H30N2O3/c26-19-7-4-12-25(16-19)18-10-13-24(14-11-18)23(28)15-21-20(8-9-22(21)27)17-5-2-1-3-6-17/h1-3,5-6,18-19,26H,4,7-16H2/t19-/m0/s1. The average Bonchev–Trinajstić information content (AvgIpc) is 3.09. The lowest BCUT2D eigenvalue weighted by atomic mass is 9.97. The molecule has 0 saturated carbocycles. The van der Waals surface area contributed by atoms with E-state index in [1.54, 1.807) is 0 Å². The Labute approximate surface area is 167 Å². The molecule has 5 heteroatoms. The summed E-state index contributed by atoms with van der Waals surface area (Å²) in [4.78, 5) is 29.6. The quantitative estimate of drug-likeness (QED) is 0.870. The van der Waals surface area contributed by atoms with Crippen molar-refractivity contribution in [3.8, 4) is 0 Å². The molecule has 2 saturated heterocycles. The van der Waals surface area contributed by atoms with Crippen molar-refractivity contribution in [1.29, 1.82) is 0 Å². The minimum Gasteiger partial charge on any atom is -0.392 e. The van der Waals surface area contributed by atoms with Crippen LogP contribution in [0.15, 0.2) is 35.9 Å². The highest BCUT2D eigenvalue weighted by molar-refractivity contribution is 6.10. The van der Waals surface area contributed by atoms with Crippen molar-refractivity contribution in [2.24, 2.45) is 0 Å². The van der Waals surface area contributed by atoms with Crippen molar-refractivity contribution in [2.45, 2.75) is 57.1 Å². The van der Waals surface area contributed by atoms with Crippen molar-refractivity contribution in [3.05, 3.63) is 41.5 Å². The molecular weight excluding hydrogens is 352 g/mol. The highest BCUT2D eigenvalue weighted by atomic mass is 16.3. The molecule has 3 aliphatic rings. The van der Waals surface area contributed by atoms with E-state index in [1.165, 1.54) is 0 Å². The fraction of sp³-hybridized carbons (Fsp3) is 0.565. The van der Waals surface area contributed by atoms with E-state index in [1.807, 2.05) is 35.2 Å². The van der Waals surface area contributed by atoms with Gasteiger partial charge in [0.05, 0.1) is 12.5 Å². The molecule has 0 radical (unpaired) electrons. The molecule has 0 aromatic heterocycles. The van der Waals surface area contributed by atoms with Gasteiger partial charge in [0.1, 0.15) is 0 Å². The second kappa shape index (κ2) is 8.58. The number of benzene rings is 1. The number of ketones is 1. The van der Waals surface area contributed by atoms with Gasteiger partial charge >= 0.3 is 0 Å². The number of likely N-dealkylation sites (tertiary alicyclic amines) is 2. The average molecular weight is 383 g/mol. The molecule has 2 fully saturated rings. The van der Waals surface area contributed by atoms with Crippen molar-refractivity contribution in [1.82, 2.24) is 9.80 Å². The summed E-state index contributed by atoms with van der Waals surface area (Å²) < 4.78 is 0. The highest BCUT2D eigenvalue weighted by Crippen LogP contribution is 2.34. The fourth-order valence-corrected chi connectivity index (χ4v) is 4.93. The number of piperidine rings is 2. The predicted octanol–water partition coefficient (Wildman–Crippen LogP) is 2.64. The Morgan fingerprint density at radius 3 is 2.50 bits per heavy atom. The summed E-state index contributed by atoms with van der Waals surface area (Å²) in [5.74, 6) is 0.209. The van der Waals surface area contributed by atoms with Crippen LogP contribution in [-0.4, -0.2) is 64.9 Å². The first kappa shape index (κ1) is 19.3. The highest BCUT2D eigenvalue weighted by Gasteiger charge is 2.32. The molecular formula is C23H30N2O3. The summed E-state index contributed by atoms with van der Waals surface area (Å²) in [5.41, 5.74) is 2.84. The van der Waals surface area contributed by atoms with Crippen molar-refractivity contribution in [2.75, 3.05) is 26.2 Å². The number of nitrogens with zero attached hydrogens (tertiary/aromatic N) is 2. The van der Waals surface area contributed by atoms with Crippen LogP contribution in [0.25, 0.3) is 5.57 Å². The Kier molecular flexibility index (Phi) is 5.93. The molecule has 5 nitrogen and oxygen atoms in total.